The van der Waals surface area contributed by atoms with E-state index in [1.165, 1.54) is 32.6 Å². The molecule has 0 aromatic rings. The van der Waals surface area contributed by atoms with E-state index in [2.05, 4.69) is 13.5 Å². The lowest BCUT2D eigenvalue weighted by Crippen LogP contribution is -1.92. The topological polar surface area (TPSA) is 49.8 Å². The van der Waals surface area contributed by atoms with Crippen LogP contribution in [0.1, 0.15) is 39.5 Å². The monoisotopic (exact) mass is 200 g/mol. The highest BCUT2D eigenvalue weighted by molar-refractivity contribution is 5.84. The number of carboxylic acids is 1. The molecule has 0 saturated carbocycles. The van der Waals surface area contributed by atoms with Crippen molar-refractivity contribution in [1.82, 2.24) is 0 Å². The van der Waals surface area contributed by atoms with Gasteiger partial charge in [-0.15, -0.1) is 0 Å². The maximum absolute atomic E-state index is 9.60. The SMILES string of the molecule is C=C(C)C(=O)O.CCCCCC1CO1. The van der Waals surface area contributed by atoms with Gasteiger partial charge in [0.25, 0.3) is 0 Å². The zero-order valence-corrected chi connectivity index (χ0v) is 9.08. The van der Waals surface area contributed by atoms with E-state index in [-0.39, 0.29) is 5.57 Å². The van der Waals surface area contributed by atoms with E-state index in [1.54, 1.807) is 0 Å². The van der Waals surface area contributed by atoms with Gasteiger partial charge in [0, 0.05) is 5.57 Å². The Morgan fingerprint density at radius 3 is 2.36 bits per heavy atom. The largest absolute Gasteiger partial charge is 0.478 e. The van der Waals surface area contributed by atoms with Crippen LogP contribution in [0.2, 0.25) is 0 Å². The first-order valence-corrected chi connectivity index (χ1v) is 5.08. The second kappa shape index (κ2) is 7.56. The number of aliphatic carboxylic acids is 1. The van der Waals surface area contributed by atoms with Crippen LogP contribution in [0.5, 0.6) is 0 Å². The molecule has 1 aliphatic rings. The van der Waals surface area contributed by atoms with Gasteiger partial charge >= 0.3 is 5.97 Å². The van der Waals surface area contributed by atoms with Crippen molar-refractivity contribution in [3.05, 3.63) is 12.2 Å². The highest BCUT2D eigenvalue weighted by Crippen LogP contribution is 2.16. The maximum atomic E-state index is 9.60. The molecule has 0 spiro atoms. The van der Waals surface area contributed by atoms with Gasteiger partial charge < -0.3 is 9.84 Å². The molecule has 0 bridgehead atoms. The van der Waals surface area contributed by atoms with Gasteiger partial charge in [-0.2, -0.15) is 0 Å². The molecule has 3 nitrogen and oxygen atoms in total. The maximum Gasteiger partial charge on any atom is 0.330 e. The highest BCUT2D eigenvalue weighted by Gasteiger charge is 2.20. The lowest BCUT2D eigenvalue weighted by molar-refractivity contribution is -0.132. The first-order chi connectivity index (χ1) is 6.57. The molecule has 0 aromatic carbocycles. The summed E-state index contributed by atoms with van der Waals surface area (Å²) in [7, 11) is 0. The highest BCUT2D eigenvalue weighted by atomic mass is 16.6. The van der Waals surface area contributed by atoms with E-state index in [0.29, 0.717) is 6.10 Å². The number of carbonyl (C=O) groups is 1. The molecular formula is C11H20O3. The summed E-state index contributed by atoms with van der Waals surface area (Å²) in [5.74, 6) is -0.935. The number of epoxide rings is 1. The average Bonchev–Trinajstić information content (AvgIpc) is 2.89. The third-order valence-corrected chi connectivity index (χ3v) is 1.90. The van der Waals surface area contributed by atoms with Crippen LogP contribution in [0.15, 0.2) is 12.2 Å². The first kappa shape index (κ1) is 13.2. The number of hydrogen-bond donors (Lipinski definition) is 1. The molecule has 1 unspecified atom stereocenters. The number of unbranched alkanes of at least 4 members (excludes halogenated alkanes) is 2. The lowest BCUT2D eigenvalue weighted by Gasteiger charge is -1.90. The van der Waals surface area contributed by atoms with Crippen LogP contribution in [-0.4, -0.2) is 23.8 Å². The predicted octanol–water partition coefficient (Wildman–Crippen LogP) is 2.61. The average molecular weight is 200 g/mol. The third kappa shape index (κ3) is 9.26. The molecule has 1 rings (SSSR count). The van der Waals surface area contributed by atoms with E-state index in [9.17, 15) is 4.79 Å². The Kier molecular flexibility index (Phi) is 7.11. The second-order valence-corrected chi connectivity index (χ2v) is 3.54. The normalized spacial score (nSPS) is 18.0. The summed E-state index contributed by atoms with van der Waals surface area (Å²) >= 11 is 0. The van der Waals surface area contributed by atoms with Crippen molar-refractivity contribution >= 4 is 5.97 Å². The Morgan fingerprint density at radius 1 is 1.57 bits per heavy atom. The summed E-state index contributed by atoms with van der Waals surface area (Å²) in [6.07, 6.45) is 6.02. The van der Waals surface area contributed by atoms with Gasteiger partial charge in [0.15, 0.2) is 0 Å². The van der Waals surface area contributed by atoms with Gasteiger partial charge in [-0.25, -0.2) is 4.79 Å². The van der Waals surface area contributed by atoms with E-state index in [4.69, 9.17) is 9.84 Å². The fraction of sp³-hybridized carbons (Fsp3) is 0.727. The van der Waals surface area contributed by atoms with Crippen LogP contribution in [0.3, 0.4) is 0 Å². The predicted molar refractivity (Wildman–Crippen MR) is 56.3 cm³/mol. The molecule has 0 amide bonds. The minimum atomic E-state index is -0.935. The van der Waals surface area contributed by atoms with Crippen molar-refractivity contribution in [3.8, 4) is 0 Å². The van der Waals surface area contributed by atoms with Gasteiger partial charge in [-0.05, 0) is 13.3 Å². The molecule has 3 heteroatoms. The molecule has 14 heavy (non-hydrogen) atoms. The van der Waals surface area contributed by atoms with Gasteiger partial charge in [0.1, 0.15) is 0 Å². The number of hydrogen-bond acceptors (Lipinski definition) is 2. The molecular weight excluding hydrogens is 180 g/mol. The molecule has 1 aliphatic heterocycles. The Labute approximate surface area is 85.8 Å². The zero-order valence-electron chi connectivity index (χ0n) is 9.08. The van der Waals surface area contributed by atoms with Crippen LogP contribution in [0.4, 0.5) is 0 Å². The first-order valence-electron chi connectivity index (χ1n) is 5.08. The Morgan fingerprint density at radius 2 is 2.07 bits per heavy atom. The van der Waals surface area contributed by atoms with Crippen molar-refractivity contribution in [2.75, 3.05) is 6.61 Å². The minimum absolute atomic E-state index is 0.176. The van der Waals surface area contributed by atoms with Crippen LogP contribution in [0, 0.1) is 0 Å². The lowest BCUT2D eigenvalue weighted by atomic mass is 10.2. The summed E-state index contributed by atoms with van der Waals surface area (Å²) in [6, 6.07) is 0. The van der Waals surface area contributed by atoms with Crippen molar-refractivity contribution in [1.29, 1.82) is 0 Å². The Bertz CT molecular complexity index is 171. The van der Waals surface area contributed by atoms with E-state index in [0.717, 1.165) is 6.61 Å². The van der Waals surface area contributed by atoms with E-state index in [1.807, 2.05) is 0 Å². The fourth-order valence-electron chi connectivity index (χ4n) is 0.857. The Hall–Kier alpha value is -0.830. The van der Waals surface area contributed by atoms with Crippen molar-refractivity contribution in [3.63, 3.8) is 0 Å². The molecule has 1 N–H and O–H groups in total. The molecule has 1 atom stereocenters. The second-order valence-electron chi connectivity index (χ2n) is 3.54. The van der Waals surface area contributed by atoms with Crippen molar-refractivity contribution < 1.29 is 14.6 Å². The third-order valence-electron chi connectivity index (χ3n) is 1.90. The molecule has 82 valence electrons. The quantitative estimate of drug-likeness (QED) is 0.421. The summed E-state index contributed by atoms with van der Waals surface area (Å²) in [4.78, 5) is 9.60. The molecule has 0 aliphatic carbocycles. The molecule has 1 heterocycles. The molecule has 1 fully saturated rings. The number of ether oxygens (including phenoxy) is 1. The summed E-state index contributed by atoms with van der Waals surface area (Å²) in [5, 5.41) is 7.89. The Balaban J connectivity index is 0.000000255. The van der Waals surface area contributed by atoms with Gasteiger partial charge in [-0.1, -0.05) is 32.8 Å². The molecule has 0 radical (unpaired) electrons. The van der Waals surface area contributed by atoms with E-state index >= 15 is 0 Å². The van der Waals surface area contributed by atoms with Crippen molar-refractivity contribution in [2.24, 2.45) is 0 Å². The van der Waals surface area contributed by atoms with Gasteiger partial charge in [0.2, 0.25) is 0 Å². The van der Waals surface area contributed by atoms with Crippen molar-refractivity contribution in [2.45, 2.75) is 45.6 Å². The zero-order chi connectivity index (χ0) is 11.0. The summed E-state index contributed by atoms with van der Waals surface area (Å²) < 4.78 is 5.06. The minimum Gasteiger partial charge on any atom is -0.478 e. The molecule has 0 aromatic heterocycles. The smallest absolute Gasteiger partial charge is 0.330 e. The number of carboxylic acid groups (broad SMARTS) is 1. The van der Waals surface area contributed by atoms with Crippen LogP contribution < -0.4 is 0 Å². The van der Waals surface area contributed by atoms with Crippen LogP contribution in [0.25, 0.3) is 0 Å². The van der Waals surface area contributed by atoms with Crippen LogP contribution >= 0.6 is 0 Å². The standard InChI is InChI=1S/C7H14O.C4H6O2/c1-2-3-4-5-7-6-8-7;1-3(2)4(5)6/h7H,2-6H2,1H3;1H2,2H3,(H,5,6). The van der Waals surface area contributed by atoms with Gasteiger partial charge in [0.05, 0.1) is 12.7 Å². The summed E-state index contributed by atoms with van der Waals surface area (Å²) in [6.45, 7) is 7.86. The van der Waals surface area contributed by atoms with Gasteiger partial charge in [-0.3, -0.25) is 0 Å². The molecule has 1 saturated heterocycles. The van der Waals surface area contributed by atoms with E-state index < -0.39 is 5.97 Å². The fourth-order valence-corrected chi connectivity index (χ4v) is 0.857. The summed E-state index contributed by atoms with van der Waals surface area (Å²) in [5.41, 5.74) is 0.176. The number of rotatable bonds is 5. The van der Waals surface area contributed by atoms with Crippen LogP contribution in [-0.2, 0) is 9.53 Å².